The minimum absolute atomic E-state index is 0.0439. The lowest BCUT2D eigenvalue weighted by molar-refractivity contribution is -0.148. The van der Waals surface area contributed by atoms with E-state index < -0.39 is 0 Å². The number of aromatic nitrogens is 1. The first kappa shape index (κ1) is 14.8. The molecule has 0 saturated carbocycles. The zero-order valence-electron chi connectivity index (χ0n) is 13.2. The summed E-state index contributed by atoms with van der Waals surface area (Å²) in [5.74, 6) is 0.00335. The number of hydrogen-bond acceptors (Lipinski definition) is 4. The Balaban J connectivity index is 1.79. The number of benzene rings is 1. The molecule has 0 unspecified atom stereocenters. The molecule has 1 fully saturated rings. The molecule has 0 bridgehead atoms. The van der Waals surface area contributed by atoms with Gasteiger partial charge in [0.1, 0.15) is 0 Å². The van der Waals surface area contributed by atoms with Gasteiger partial charge in [0, 0.05) is 30.4 Å². The Morgan fingerprint density at radius 1 is 1.32 bits per heavy atom. The molecule has 1 saturated heterocycles. The molecule has 0 N–H and O–H groups in total. The van der Waals surface area contributed by atoms with Crippen molar-refractivity contribution in [1.82, 2.24) is 4.98 Å². The second kappa shape index (κ2) is 6.34. The summed E-state index contributed by atoms with van der Waals surface area (Å²) in [6.07, 6.45) is 3.58. The van der Waals surface area contributed by atoms with Crippen molar-refractivity contribution >= 4 is 22.6 Å². The number of anilines is 1. The molecular formula is C18H22N2O2. The maximum atomic E-state index is 11.8. The van der Waals surface area contributed by atoms with Gasteiger partial charge in [-0.05, 0) is 44.9 Å². The molecule has 3 rings (SSSR count). The van der Waals surface area contributed by atoms with Crippen LogP contribution < -0.4 is 4.90 Å². The number of ether oxygens (including phenoxy) is 1. The second-order valence-corrected chi connectivity index (χ2v) is 5.86. The summed E-state index contributed by atoms with van der Waals surface area (Å²) in [6, 6.07) is 8.42. The molecule has 1 aromatic carbocycles. The molecule has 0 spiro atoms. The molecule has 116 valence electrons. The smallest absolute Gasteiger partial charge is 0.309 e. The molecule has 4 heteroatoms. The van der Waals surface area contributed by atoms with Gasteiger partial charge in [-0.25, -0.2) is 0 Å². The maximum absolute atomic E-state index is 11.8. The van der Waals surface area contributed by atoms with Crippen molar-refractivity contribution in [2.24, 2.45) is 5.92 Å². The monoisotopic (exact) mass is 298 g/mol. The van der Waals surface area contributed by atoms with Crippen molar-refractivity contribution in [1.29, 1.82) is 0 Å². The van der Waals surface area contributed by atoms with Gasteiger partial charge in [0.25, 0.3) is 0 Å². The molecule has 0 amide bonds. The van der Waals surface area contributed by atoms with Crippen LogP contribution in [0.2, 0.25) is 0 Å². The van der Waals surface area contributed by atoms with Crippen LogP contribution in [0.3, 0.4) is 0 Å². The van der Waals surface area contributed by atoms with Crippen molar-refractivity contribution in [3.63, 3.8) is 0 Å². The Kier molecular flexibility index (Phi) is 4.27. The third kappa shape index (κ3) is 2.91. The third-order valence-corrected chi connectivity index (χ3v) is 4.33. The van der Waals surface area contributed by atoms with Crippen molar-refractivity contribution < 1.29 is 9.53 Å². The highest BCUT2D eigenvalue weighted by molar-refractivity contribution is 5.92. The summed E-state index contributed by atoms with van der Waals surface area (Å²) >= 11 is 0. The maximum Gasteiger partial charge on any atom is 0.309 e. The van der Waals surface area contributed by atoms with Crippen LogP contribution >= 0.6 is 0 Å². The number of carbonyl (C=O) groups excluding carboxylic acids is 1. The van der Waals surface area contributed by atoms with Gasteiger partial charge >= 0.3 is 5.97 Å². The lowest BCUT2D eigenvalue weighted by atomic mass is 9.96. The Hall–Kier alpha value is -2.10. The van der Waals surface area contributed by atoms with Crippen molar-refractivity contribution in [2.45, 2.75) is 26.7 Å². The van der Waals surface area contributed by atoms with Crippen molar-refractivity contribution in [2.75, 3.05) is 24.6 Å². The average molecular weight is 298 g/mol. The Morgan fingerprint density at radius 2 is 2.09 bits per heavy atom. The number of carbonyl (C=O) groups is 1. The van der Waals surface area contributed by atoms with E-state index in [9.17, 15) is 4.79 Å². The van der Waals surface area contributed by atoms with Crippen LogP contribution in [0, 0.1) is 12.8 Å². The normalized spacial score (nSPS) is 16.0. The van der Waals surface area contributed by atoms with Gasteiger partial charge in [-0.1, -0.05) is 11.6 Å². The van der Waals surface area contributed by atoms with Gasteiger partial charge in [0.15, 0.2) is 0 Å². The van der Waals surface area contributed by atoms with E-state index in [2.05, 4.69) is 41.1 Å². The van der Waals surface area contributed by atoms with Crippen LogP contribution in [-0.4, -0.2) is 30.6 Å². The molecule has 2 heterocycles. The van der Waals surface area contributed by atoms with Gasteiger partial charge in [-0.15, -0.1) is 0 Å². The first-order valence-electron chi connectivity index (χ1n) is 7.96. The summed E-state index contributed by atoms with van der Waals surface area (Å²) < 4.78 is 5.14. The molecule has 22 heavy (non-hydrogen) atoms. The lowest BCUT2D eigenvalue weighted by Gasteiger charge is -2.33. The molecule has 1 aliphatic rings. The van der Waals surface area contributed by atoms with Crippen LogP contribution in [-0.2, 0) is 9.53 Å². The topological polar surface area (TPSA) is 42.4 Å². The predicted octanol–water partition coefficient (Wildman–Crippen LogP) is 3.32. The van der Waals surface area contributed by atoms with E-state index in [0.717, 1.165) is 31.4 Å². The molecule has 2 aromatic rings. The van der Waals surface area contributed by atoms with Crippen LogP contribution in [0.25, 0.3) is 10.9 Å². The molecule has 0 radical (unpaired) electrons. The predicted molar refractivity (Wildman–Crippen MR) is 88.1 cm³/mol. The number of aryl methyl sites for hydroxylation is 1. The van der Waals surface area contributed by atoms with Gasteiger partial charge in [0.2, 0.25) is 0 Å². The fourth-order valence-electron chi connectivity index (χ4n) is 3.14. The largest absolute Gasteiger partial charge is 0.466 e. The van der Waals surface area contributed by atoms with Crippen molar-refractivity contribution in [3.8, 4) is 0 Å². The van der Waals surface area contributed by atoms with Crippen LogP contribution in [0.5, 0.6) is 0 Å². The SMILES string of the molecule is CCOC(=O)C1CCN(c2ccnc3ccc(C)cc23)CC1. The van der Waals surface area contributed by atoms with Crippen molar-refractivity contribution in [3.05, 3.63) is 36.0 Å². The quantitative estimate of drug-likeness (QED) is 0.815. The lowest BCUT2D eigenvalue weighted by Crippen LogP contribution is -2.37. The second-order valence-electron chi connectivity index (χ2n) is 5.86. The highest BCUT2D eigenvalue weighted by atomic mass is 16.5. The van der Waals surface area contributed by atoms with E-state index in [1.54, 1.807) is 0 Å². The number of rotatable bonds is 3. The molecule has 0 aliphatic carbocycles. The number of fused-ring (bicyclic) bond motifs is 1. The summed E-state index contributed by atoms with van der Waals surface area (Å²) in [4.78, 5) is 18.7. The summed E-state index contributed by atoms with van der Waals surface area (Å²) in [6.45, 7) is 6.20. The molecule has 1 aliphatic heterocycles. The van der Waals surface area contributed by atoms with E-state index in [-0.39, 0.29) is 11.9 Å². The minimum Gasteiger partial charge on any atom is -0.466 e. The van der Waals surface area contributed by atoms with E-state index in [4.69, 9.17) is 4.74 Å². The molecular weight excluding hydrogens is 276 g/mol. The number of hydrogen-bond donors (Lipinski definition) is 0. The van der Waals surface area contributed by atoms with Gasteiger partial charge < -0.3 is 9.64 Å². The number of nitrogens with zero attached hydrogens (tertiary/aromatic N) is 2. The zero-order chi connectivity index (χ0) is 15.5. The first-order chi connectivity index (χ1) is 10.7. The van der Waals surface area contributed by atoms with Crippen LogP contribution in [0.4, 0.5) is 5.69 Å². The fraction of sp³-hybridized carbons (Fsp3) is 0.444. The number of piperidine rings is 1. The minimum atomic E-state index is -0.0439. The Bertz CT molecular complexity index is 676. The first-order valence-corrected chi connectivity index (χ1v) is 7.96. The molecule has 0 atom stereocenters. The van der Waals surface area contributed by atoms with E-state index in [1.807, 2.05) is 13.1 Å². The Labute approximate surface area is 131 Å². The summed E-state index contributed by atoms with van der Waals surface area (Å²) in [5, 5.41) is 1.19. The van der Waals surface area contributed by atoms with E-state index in [1.165, 1.54) is 16.6 Å². The standard InChI is InChI=1S/C18H22N2O2/c1-3-22-18(21)14-7-10-20(11-8-14)17-6-9-19-16-5-4-13(2)12-15(16)17/h4-6,9,12,14H,3,7-8,10-11H2,1-2H3. The van der Waals surface area contributed by atoms with Gasteiger partial charge in [-0.2, -0.15) is 0 Å². The average Bonchev–Trinajstić information content (AvgIpc) is 2.54. The van der Waals surface area contributed by atoms with E-state index in [0.29, 0.717) is 6.61 Å². The van der Waals surface area contributed by atoms with Gasteiger partial charge in [-0.3, -0.25) is 9.78 Å². The third-order valence-electron chi connectivity index (χ3n) is 4.33. The zero-order valence-corrected chi connectivity index (χ0v) is 13.2. The summed E-state index contributed by atoms with van der Waals surface area (Å²) in [7, 11) is 0. The summed E-state index contributed by atoms with van der Waals surface area (Å²) in [5.41, 5.74) is 3.48. The van der Waals surface area contributed by atoms with E-state index >= 15 is 0 Å². The highest BCUT2D eigenvalue weighted by Gasteiger charge is 2.26. The number of esters is 1. The Morgan fingerprint density at radius 3 is 2.82 bits per heavy atom. The molecule has 4 nitrogen and oxygen atoms in total. The highest BCUT2D eigenvalue weighted by Crippen LogP contribution is 2.30. The molecule has 1 aromatic heterocycles. The van der Waals surface area contributed by atoms with Crippen LogP contribution in [0.1, 0.15) is 25.3 Å². The van der Waals surface area contributed by atoms with Crippen LogP contribution in [0.15, 0.2) is 30.5 Å². The van der Waals surface area contributed by atoms with Gasteiger partial charge in [0.05, 0.1) is 18.0 Å². The fourth-order valence-corrected chi connectivity index (χ4v) is 3.14. The number of pyridine rings is 1.